The van der Waals surface area contributed by atoms with E-state index in [4.69, 9.17) is 0 Å². The van der Waals surface area contributed by atoms with E-state index in [1.807, 2.05) is 0 Å². The van der Waals surface area contributed by atoms with Crippen LogP contribution in [0, 0.1) is 0 Å². The SMILES string of the molecule is CN(C)CC(=O)c1ccc(NC(=O)C(F)(F)F)cc1. The Kier molecular flexibility index (Phi) is 4.66. The highest BCUT2D eigenvalue weighted by Gasteiger charge is 2.38. The molecule has 0 radical (unpaired) electrons. The highest BCUT2D eigenvalue weighted by Crippen LogP contribution is 2.18. The quantitative estimate of drug-likeness (QED) is 0.853. The van der Waals surface area contributed by atoms with Gasteiger partial charge in [0.05, 0.1) is 6.54 Å². The zero-order valence-corrected chi connectivity index (χ0v) is 10.4. The van der Waals surface area contributed by atoms with Crippen LogP contribution in [0.25, 0.3) is 0 Å². The second kappa shape index (κ2) is 5.83. The highest BCUT2D eigenvalue weighted by molar-refractivity contribution is 5.99. The van der Waals surface area contributed by atoms with Crippen LogP contribution in [0.1, 0.15) is 10.4 Å². The van der Waals surface area contributed by atoms with Gasteiger partial charge < -0.3 is 10.2 Å². The third kappa shape index (κ3) is 4.70. The fourth-order valence-corrected chi connectivity index (χ4v) is 1.32. The van der Waals surface area contributed by atoms with Gasteiger partial charge in [-0.1, -0.05) is 0 Å². The monoisotopic (exact) mass is 274 g/mol. The highest BCUT2D eigenvalue weighted by atomic mass is 19.4. The molecule has 7 heteroatoms. The number of ketones is 1. The van der Waals surface area contributed by atoms with Gasteiger partial charge in [0.15, 0.2) is 5.78 Å². The number of amides is 1. The summed E-state index contributed by atoms with van der Waals surface area (Å²) in [5, 5.41) is 1.70. The third-order valence-corrected chi connectivity index (χ3v) is 2.18. The van der Waals surface area contributed by atoms with Crippen LogP contribution in [0.5, 0.6) is 0 Å². The fraction of sp³-hybridized carbons (Fsp3) is 0.333. The van der Waals surface area contributed by atoms with E-state index in [9.17, 15) is 22.8 Å². The van der Waals surface area contributed by atoms with Gasteiger partial charge in [0.25, 0.3) is 0 Å². The van der Waals surface area contributed by atoms with E-state index < -0.39 is 12.1 Å². The standard InChI is InChI=1S/C12H13F3N2O2/c1-17(2)7-10(18)8-3-5-9(6-4-8)16-11(19)12(13,14)15/h3-6H,7H2,1-2H3,(H,16,19). The minimum atomic E-state index is -4.93. The molecule has 0 fully saturated rings. The summed E-state index contributed by atoms with van der Waals surface area (Å²) >= 11 is 0. The van der Waals surface area contributed by atoms with Crippen LogP contribution in [0.15, 0.2) is 24.3 Å². The van der Waals surface area contributed by atoms with Crippen molar-refractivity contribution in [3.05, 3.63) is 29.8 Å². The molecule has 0 heterocycles. The van der Waals surface area contributed by atoms with Crippen LogP contribution in [-0.4, -0.2) is 43.4 Å². The lowest BCUT2D eigenvalue weighted by Crippen LogP contribution is -2.29. The number of anilines is 1. The Morgan fingerprint density at radius 1 is 1.16 bits per heavy atom. The minimum Gasteiger partial charge on any atom is -0.318 e. The number of rotatable bonds is 4. The maximum Gasteiger partial charge on any atom is 0.471 e. The van der Waals surface area contributed by atoms with Crippen LogP contribution < -0.4 is 5.32 Å². The Balaban J connectivity index is 2.72. The maximum atomic E-state index is 12.0. The van der Waals surface area contributed by atoms with Crippen molar-refractivity contribution in [1.29, 1.82) is 0 Å². The first-order valence-electron chi connectivity index (χ1n) is 5.36. The van der Waals surface area contributed by atoms with Gasteiger partial charge in [-0.05, 0) is 38.4 Å². The molecule has 1 aromatic rings. The third-order valence-electron chi connectivity index (χ3n) is 2.18. The van der Waals surface area contributed by atoms with E-state index in [-0.39, 0.29) is 18.0 Å². The molecule has 0 aliphatic heterocycles. The van der Waals surface area contributed by atoms with E-state index in [0.717, 1.165) is 0 Å². The van der Waals surface area contributed by atoms with Crippen molar-refractivity contribution in [3.63, 3.8) is 0 Å². The predicted octanol–water partition coefficient (Wildman–Crippen LogP) is 1.93. The molecule has 19 heavy (non-hydrogen) atoms. The Morgan fingerprint density at radius 2 is 1.68 bits per heavy atom. The molecule has 4 nitrogen and oxygen atoms in total. The Hall–Kier alpha value is -1.89. The fourth-order valence-electron chi connectivity index (χ4n) is 1.32. The van der Waals surface area contributed by atoms with Crippen molar-refractivity contribution in [2.45, 2.75) is 6.18 Å². The van der Waals surface area contributed by atoms with Gasteiger partial charge in [-0.15, -0.1) is 0 Å². The second-order valence-electron chi connectivity index (χ2n) is 4.19. The number of nitrogens with one attached hydrogen (secondary N) is 1. The van der Waals surface area contributed by atoms with E-state index >= 15 is 0 Å². The smallest absolute Gasteiger partial charge is 0.318 e. The first kappa shape index (κ1) is 15.2. The maximum absolute atomic E-state index is 12.0. The predicted molar refractivity (Wildman–Crippen MR) is 64.0 cm³/mol. The Bertz CT molecular complexity index is 467. The van der Waals surface area contributed by atoms with E-state index in [1.54, 1.807) is 24.3 Å². The molecular weight excluding hydrogens is 261 g/mol. The van der Waals surface area contributed by atoms with Gasteiger partial charge in [0.2, 0.25) is 0 Å². The number of halogens is 3. The zero-order valence-electron chi connectivity index (χ0n) is 10.4. The van der Waals surface area contributed by atoms with Gasteiger partial charge in [-0.2, -0.15) is 13.2 Å². The number of hydrogen-bond donors (Lipinski definition) is 1. The molecule has 0 aliphatic carbocycles. The van der Waals surface area contributed by atoms with Gasteiger partial charge in [0, 0.05) is 11.3 Å². The summed E-state index contributed by atoms with van der Waals surface area (Å²) in [6.45, 7) is 0.203. The molecule has 104 valence electrons. The van der Waals surface area contributed by atoms with Gasteiger partial charge in [0.1, 0.15) is 0 Å². The molecule has 1 N–H and O–H groups in total. The van der Waals surface area contributed by atoms with E-state index in [2.05, 4.69) is 0 Å². The topological polar surface area (TPSA) is 49.4 Å². The van der Waals surface area contributed by atoms with Crippen molar-refractivity contribution in [3.8, 4) is 0 Å². The van der Waals surface area contributed by atoms with Crippen molar-refractivity contribution in [2.24, 2.45) is 0 Å². The van der Waals surface area contributed by atoms with Crippen LogP contribution in [0.4, 0.5) is 18.9 Å². The summed E-state index contributed by atoms with van der Waals surface area (Å²) < 4.78 is 36.0. The summed E-state index contributed by atoms with van der Waals surface area (Å²) in [5.74, 6) is -2.20. The normalized spacial score (nSPS) is 11.5. The number of likely N-dealkylation sites (N-methyl/N-ethyl adjacent to an activating group) is 1. The molecule has 0 atom stereocenters. The minimum absolute atomic E-state index is 0.0104. The zero-order chi connectivity index (χ0) is 14.6. The van der Waals surface area contributed by atoms with Crippen molar-refractivity contribution >= 4 is 17.4 Å². The number of Topliss-reactive ketones (excluding diaryl/α,β-unsaturated/α-hetero) is 1. The summed E-state index contributed by atoms with van der Waals surface area (Å²) in [6, 6.07) is 5.26. The molecule has 1 aromatic carbocycles. The van der Waals surface area contributed by atoms with E-state index in [1.165, 1.54) is 24.3 Å². The van der Waals surface area contributed by atoms with Crippen LogP contribution >= 0.6 is 0 Å². The number of benzene rings is 1. The van der Waals surface area contributed by atoms with Crippen LogP contribution in [0.2, 0.25) is 0 Å². The molecule has 0 aromatic heterocycles. The van der Waals surface area contributed by atoms with Crippen LogP contribution in [-0.2, 0) is 4.79 Å². The number of nitrogens with zero attached hydrogens (tertiary/aromatic N) is 1. The summed E-state index contributed by atoms with van der Waals surface area (Å²) in [5.41, 5.74) is 0.363. The Labute approximate surface area is 108 Å². The molecular formula is C12H13F3N2O2. The lowest BCUT2D eigenvalue weighted by molar-refractivity contribution is -0.167. The largest absolute Gasteiger partial charge is 0.471 e. The average molecular weight is 274 g/mol. The molecule has 0 spiro atoms. The molecule has 1 amide bonds. The lowest BCUT2D eigenvalue weighted by Gasteiger charge is -2.10. The summed E-state index contributed by atoms with van der Waals surface area (Å²) in [4.78, 5) is 24.0. The van der Waals surface area contributed by atoms with Crippen molar-refractivity contribution < 1.29 is 22.8 Å². The average Bonchev–Trinajstić information content (AvgIpc) is 2.27. The van der Waals surface area contributed by atoms with Gasteiger partial charge in [-0.3, -0.25) is 9.59 Å². The second-order valence-corrected chi connectivity index (χ2v) is 4.19. The molecule has 0 bridgehead atoms. The number of alkyl halides is 3. The van der Waals surface area contributed by atoms with E-state index in [0.29, 0.717) is 5.56 Å². The van der Waals surface area contributed by atoms with Crippen molar-refractivity contribution in [1.82, 2.24) is 4.90 Å². The number of hydrogen-bond acceptors (Lipinski definition) is 3. The number of carbonyl (C=O) groups is 2. The molecule has 1 rings (SSSR count). The molecule has 0 aliphatic rings. The first-order valence-corrected chi connectivity index (χ1v) is 5.36. The summed E-state index contributed by atoms with van der Waals surface area (Å²) in [6.07, 6.45) is -4.93. The van der Waals surface area contributed by atoms with Crippen molar-refractivity contribution in [2.75, 3.05) is 26.0 Å². The summed E-state index contributed by atoms with van der Waals surface area (Å²) in [7, 11) is 3.46. The first-order chi connectivity index (χ1) is 8.70. The van der Waals surface area contributed by atoms with Gasteiger partial charge >= 0.3 is 12.1 Å². The molecule has 0 saturated heterocycles. The van der Waals surface area contributed by atoms with Gasteiger partial charge in [-0.25, -0.2) is 0 Å². The lowest BCUT2D eigenvalue weighted by atomic mass is 10.1. The number of carbonyl (C=O) groups excluding carboxylic acids is 2. The molecule has 0 unspecified atom stereocenters. The van der Waals surface area contributed by atoms with Crippen LogP contribution in [0.3, 0.4) is 0 Å². The Morgan fingerprint density at radius 3 is 2.11 bits per heavy atom. The molecule has 0 saturated carbocycles.